The summed E-state index contributed by atoms with van der Waals surface area (Å²) in [5, 5.41) is 2.46. The monoisotopic (exact) mass is 262 g/mol. The van der Waals surface area contributed by atoms with Crippen LogP contribution in [0.5, 0.6) is 5.75 Å². The van der Waals surface area contributed by atoms with E-state index < -0.39 is 0 Å². The Bertz CT molecular complexity index is 411. The van der Waals surface area contributed by atoms with Gasteiger partial charge >= 0.3 is 0 Å². The summed E-state index contributed by atoms with van der Waals surface area (Å²) in [6.45, 7) is 4.98. The summed E-state index contributed by atoms with van der Waals surface area (Å²) in [6.07, 6.45) is 5.60. The number of fused-ring (bicyclic) bond motifs is 1. The zero-order valence-electron chi connectivity index (χ0n) is 12.0. The highest BCUT2D eigenvalue weighted by Gasteiger charge is 2.34. The number of methoxy groups -OCH3 is 1. The number of likely N-dealkylation sites (tertiary alicyclic amines) is 1. The Morgan fingerprint density at radius 2 is 1.95 bits per heavy atom. The number of nitrogens with two attached hydrogens (primary N) is 1. The molecule has 0 radical (unpaired) electrons. The average molecular weight is 262 g/mol. The van der Waals surface area contributed by atoms with E-state index in [2.05, 4.69) is 23.5 Å². The molecule has 1 aromatic carbocycles. The molecule has 1 aromatic rings. The van der Waals surface area contributed by atoms with Gasteiger partial charge in [-0.25, -0.2) is 0 Å². The lowest BCUT2D eigenvalue weighted by molar-refractivity contribution is -0.947. The van der Waals surface area contributed by atoms with Crippen LogP contribution in [0.1, 0.15) is 42.9 Å². The van der Waals surface area contributed by atoms with E-state index in [-0.39, 0.29) is 0 Å². The maximum atomic E-state index is 5.64. The van der Waals surface area contributed by atoms with E-state index in [9.17, 15) is 0 Å². The van der Waals surface area contributed by atoms with E-state index in [1.54, 1.807) is 4.90 Å². The van der Waals surface area contributed by atoms with Gasteiger partial charge in [0.2, 0.25) is 0 Å². The second-order valence-corrected chi connectivity index (χ2v) is 5.89. The number of quaternary nitrogens is 2. The van der Waals surface area contributed by atoms with Crippen LogP contribution < -0.4 is 15.0 Å². The van der Waals surface area contributed by atoms with E-state index in [0.29, 0.717) is 6.04 Å². The molecule has 1 fully saturated rings. The van der Waals surface area contributed by atoms with Crippen LogP contribution in [0.4, 0.5) is 0 Å². The first kappa shape index (κ1) is 12.9. The second-order valence-electron chi connectivity index (χ2n) is 5.89. The Kier molecular flexibility index (Phi) is 4.04. The average Bonchev–Trinajstić information content (AvgIpc) is 2.75. The van der Waals surface area contributed by atoms with Gasteiger partial charge in [-0.1, -0.05) is 12.1 Å². The third-order valence-corrected chi connectivity index (χ3v) is 4.73. The van der Waals surface area contributed by atoms with E-state index in [4.69, 9.17) is 4.74 Å². The minimum absolute atomic E-state index is 0.623. The topological polar surface area (TPSA) is 30.3 Å². The molecule has 2 aliphatic heterocycles. The fourth-order valence-electron chi connectivity index (χ4n) is 3.77. The van der Waals surface area contributed by atoms with Crippen LogP contribution in [0, 0.1) is 0 Å². The van der Waals surface area contributed by atoms with E-state index in [1.165, 1.54) is 56.4 Å². The molecular formula is C16H26N2O+2. The minimum atomic E-state index is 0.623. The standard InChI is InChI=1S/C16H24N2O/c1-19-15-8-6-7-13-11-17-12-14(16(13)15)18-9-4-2-3-5-10-18/h6-8,14,17H,2-5,9-12H2,1H3/p+2/t14-/m0/s1. The van der Waals surface area contributed by atoms with Gasteiger partial charge in [-0.15, -0.1) is 0 Å². The second kappa shape index (κ2) is 5.93. The third-order valence-electron chi connectivity index (χ3n) is 4.73. The van der Waals surface area contributed by atoms with Gasteiger partial charge in [0, 0.05) is 5.56 Å². The number of ether oxygens (including phenoxy) is 1. The van der Waals surface area contributed by atoms with Crippen LogP contribution in [-0.2, 0) is 6.54 Å². The molecule has 0 unspecified atom stereocenters. The first-order valence-electron chi connectivity index (χ1n) is 7.72. The molecule has 0 amide bonds. The summed E-state index contributed by atoms with van der Waals surface area (Å²) in [5.74, 6) is 1.10. The number of hydrogen-bond donors (Lipinski definition) is 2. The molecule has 1 saturated heterocycles. The largest absolute Gasteiger partial charge is 0.496 e. The third kappa shape index (κ3) is 2.63. The molecule has 1 atom stereocenters. The predicted molar refractivity (Wildman–Crippen MR) is 75.4 cm³/mol. The molecule has 0 bridgehead atoms. The molecule has 3 N–H and O–H groups in total. The Balaban J connectivity index is 1.92. The molecule has 2 aliphatic rings. The first-order chi connectivity index (χ1) is 9.40. The molecule has 3 rings (SSSR count). The highest BCUT2D eigenvalue weighted by Crippen LogP contribution is 2.28. The Morgan fingerprint density at radius 3 is 2.68 bits per heavy atom. The molecule has 0 aliphatic carbocycles. The Morgan fingerprint density at radius 1 is 1.16 bits per heavy atom. The maximum Gasteiger partial charge on any atom is 0.167 e. The van der Waals surface area contributed by atoms with Crippen molar-refractivity contribution in [2.75, 3.05) is 26.7 Å². The normalized spacial score (nSPS) is 24.6. The zero-order valence-corrected chi connectivity index (χ0v) is 12.0. The van der Waals surface area contributed by atoms with Crippen molar-refractivity contribution in [3.05, 3.63) is 29.3 Å². The molecule has 0 spiro atoms. The van der Waals surface area contributed by atoms with Crippen LogP contribution in [0.2, 0.25) is 0 Å². The number of hydrogen-bond acceptors (Lipinski definition) is 1. The number of benzene rings is 1. The summed E-state index contributed by atoms with van der Waals surface area (Å²) in [4.78, 5) is 1.78. The summed E-state index contributed by atoms with van der Waals surface area (Å²) in [5.41, 5.74) is 2.97. The fraction of sp³-hybridized carbons (Fsp3) is 0.625. The van der Waals surface area contributed by atoms with Crippen molar-refractivity contribution in [3.8, 4) is 5.75 Å². The van der Waals surface area contributed by atoms with Crippen molar-refractivity contribution in [2.45, 2.75) is 38.3 Å². The molecule has 0 aromatic heterocycles. The van der Waals surface area contributed by atoms with Crippen LogP contribution >= 0.6 is 0 Å². The molecule has 19 heavy (non-hydrogen) atoms. The summed E-state index contributed by atoms with van der Waals surface area (Å²) in [7, 11) is 1.81. The van der Waals surface area contributed by atoms with Gasteiger partial charge in [0.15, 0.2) is 6.04 Å². The number of rotatable bonds is 2. The van der Waals surface area contributed by atoms with Crippen molar-refractivity contribution >= 4 is 0 Å². The van der Waals surface area contributed by atoms with Gasteiger partial charge in [0.05, 0.1) is 25.8 Å². The molecular weight excluding hydrogens is 236 g/mol. The van der Waals surface area contributed by atoms with Gasteiger partial charge in [-0.2, -0.15) is 0 Å². The summed E-state index contributed by atoms with van der Waals surface area (Å²) >= 11 is 0. The van der Waals surface area contributed by atoms with E-state index in [1.807, 2.05) is 7.11 Å². The Hall–Kier alpha value is -1.06. The SMILES string of the molecule is COc1cccc2c1[C@@H]([NH+]1CCCCCC1)C[NH2+]C2. The number of nitrogens with one attached hydrogen (secondary N) is 1. The smallest absolute Gasteiger partial charge is 0.167 e. The van der Waals surface area contributed by atoms with Crippen molar-refractivity contribution in [2.24, 2.45) is 0 Å². The highest BCUT2D eigenvalue weighted by molar-refractivity contribution is 5.42. The molecule has 0 saturated carbocycles. The van der Waals surface area contributed by atoms with E-state index >= 15 is 0 Å². The van der Waals surface area contributed by atoms with Crippen LogP contribution in [0.15, 0.2) is 18.2 Å². The van der Waals surface area contributed by atoms with Gasteiger partial charge in [-0.05, 0) is 31.7 Å². The summed E-state index contributed by atoms with van der Waals surface area (Å²) in [6, 6.07) is 7.16. The summed E-state index contributed by atoms with van der Waals surface area (Å²) < 4.78 is 5.64. The van der Waals surface area contributed by atoms with Crippen molar-refractivity contribution in [3.63, 3.8) is 0 Å². The van der Waals surface area contributed by atoms with Gasteiger partial charge in [0.25, 0.3) is 0 Å². The molecule has 2 heterocycles. The van der Waals surface area contributed by atoms with Crippen LogP contribution in [0.25, 0.3) is 0 Å². The van der Waals surface area contributed by atoms with Crippen LogP contribution in [0.3, 0.4) is 0 Å². The fourth-order valence-corrected chi connectivity index (χ4v) is 3.77. The van der Waals surface area contributed by atoms with Crippen molar-refractivity contribution in [1.29, 1.82) is 0 Å². The van der Waals surface area contributed by atoms with Gasteiger partial charge in [0.1, 0.15) is 18.8 Å². The lowest BCUT2D eigenvalue weighted by Crippen LogP contribution is -3.15. The Labute approximate surface area is 115 Å². The lowest BCUT2D eigenvalue weighted by Gasteiger charge is -2.31. The van der Waals surface area contributed by atoms with Crippen molar-refractivity contribution < 1.29 is 15.0 Å². The highest BCUT2D eigenvalue weighted by atomic mass is 16.5. The molecule has 3 nitrogen and oxygen atoms in total. The predicted octanol–water partition coefficient (Wildman–Crippen LogP) is 0.272. The van der Waals surface area contributed by atoms with Gasteiger partial charge in [-0.3, -0.25) is 0 Å². The first-order valence-corrected chi connectivity index (χ1v) is 7.72. The van der Waals surface area contributed by atoms with Crippen molar-refractivity contribution in [1.82, 2.24) is 0 Å². The van der Waals surface area contributed by atoms with E-state index in [0.717, 1.165) is 12.3 Å². The maximum absolute atomic E-state index is 5.64. The molecule has 104 valence electrons. The lowest BCUT2D eigenvalue weighted by atomic mass is 9.94. The quantitative estimate of drug-likeness (QED) is 0.787. The van der Waals surface area contributed by atoms with Crippen LogP contribution in [-0.4, -0.2) is 26.7 Å². The van der Waals surface area contributed by atoms with Gasteiger partial charge < -0.3 is 15.0 Å². The minimum Gasteiger partial charge on any atom is -0.496 e. The zero-order chi connectivity index (χ0) is 13.1. The molecule has 3 heteroatoms.